The fourth-order valence-corrected chi connectivity index (χ4v) is 2.99. The maximum Gasteiger partial charge on any atom is 0.134 e. The van der Waals surface area contributed by atoms with Gasteiger partial charge >= 0.3 is 0 Å². The van der Waals surface area contributed by atoms with Crippen LogP contribution in [0.2, 0.25) is 0 Å². The van der Waals surface area contributed by atoms with Crippen molar-refractivity contribution in [3.63, 3.8) is 0 Å². The van der Waals surface area contributed by atoms with E-state index in [-0.39, 0.29) is 0 Å². The van der Waals surface area contributed by atoms with Gasteiger partial charge in [-0.3, -0.25) is 0 Å². The first-order valence-electron chi connectivity index (χ1n) is 5.65. The van der Waals surface area contributed by atoms with Crippen LogP contribution in [-0.4, -0.2) is 34.6 Å². The van der Waals surface area contributed by atoms with E-state index in [2.05, 4.69) is 20.6 Å². The van der Waals surface area contributed by atoms with Crippen molar-refractivity contribution in [2.45, 2.75) is 25.8 Å². The summed E-state index contributed by atoms with van der Waals surface area (Å²) in [7, 11) is 1.89. The molecule has 0 atom stereocenters. The molecule has 0 unspecified atom stereocenters. The molecule has 1 aromatic heterocycles. The Morgan fingerprint density at radius 3 is 2.62 bits per heavy atom. The number of nitrogens with zero attached hydrogens (tertiary/aromatic N) is 2. The van der Waals surface area contributed by atoms with E-state index in [1.165, 1.54) is 24.3 Å². The first-order valence-corrected chi connectivity index (χ1v) is 6.80. The van der Waals surface area contributed by atoms with Crippen LogP contribution in [0.4, 0.5) is 11.6 Å². The molecule has 0 spiro atoms. The third-order valence-corrected chi connectivity index (χ3v) is 3.93. The van der Waals surface area contributed by atoms with Crippen LogP contribution < -0.4 is 10.6 Å². The van der Waals surface area contributed by atoms with Gasteiger partial charge in [-0.15, -0.1) is 0 Å². The lowest BCUT2D eigenvalue weighted by molar-refractivity contribution is 0.662. The van der Waals surface area contributed by atoms with Crippen LogP contribution in [0.25, 0.3) is 0 Å². The van der Waals surface area contributed by atoms with E-state index in [9.17, 15) is 0 Å². The Bertz CT molecular complexity index is 350. The van der Waals surface area contributed by atoms with Gasteiger partial charge in [0.2, 0.25) is 0 Å². The minimum absolute atomic E-state index is 0.569. The summed E-state index contributed by atoms with van der Waals surface area (Å²) in [6.45, 7) is 2.05. The second kappa shape index (κ2) is 5.39. The molecule has 1 saturated heterocycles. The number of hydrogen-bond donors (Lipinski definition) is 2. The maximum atomic E-state index is 4.31. The van der Waals surface area contributed by atoms with Crippen LogP contribution in [0.1, 0.15) is 18.4 Å². The predicted octanol–water partition coefficient (Wildman–Crippen LogP) is 2.13. The minimum Gasteiger partial charge on any atom is -0.373 e. The van der Waals surface area contributed by atoms with Gasteiger partial charge in [0.25, 0.3) is 0 Å². The molecule has 2 heterocycles. The summed E-state index contributed by atoms with van der Waals surface area (Å²) < 4.78 is 0. The molecule has 1 aliphatic rings. The van der Waals surface area contributed by atoms with E-state index in [4.69, 9.17) is 0 Å². The van der Waals surface area contributed by atoms with E-state index in [0.29, 0.717) is 6.04 Å². The SMILES string of the molecule is CNc1ncnc(NC2CCSCC2)c1C. The largest absolute Gasteiger partial charge is 0.373 e. The highest BCUT2D eigenvalue weighted by Gasteiger charge is 2.15. The quantitative estimate of drug-likeness (QED) is 0.845. The summed E-state index contributed by atoms with van der Waals surface area (Å²) in [5, 5.41) is 6.60. The van der Waals surface area contributed by atoms with Gasteiger partial charge < -0.3 is 10.6 Å². The van der Waals surface area contributed by atoms with Gasteiger partial charge in [0, 0.05) is 18.7 Å². The lowest BCUT2D eigenvalue weighted by atomic mass is 10.1. The highest BCUT2D eigenvalue weighted by molar-refractivity contribution is 7.99. The molecule has 1 fully saturated rings. The van der Waals surface area contributed by atoms with Crippen LogP contribution in [0.15, 0.2) is 6.33 Å². The average molecular weight is 238 g/mol. The van der Waals surface area contributed by atoms with E-state index in [0.717, 1.165) is 17.2 Å². The van der Waals surface area contributed by atoms with Gasteiger partial charge in [-0.1, -0.05) is 0 Å². The molecular weight excluding hydrogens is 220 g/mol. The molecule has 4 nitrogen and oxygen atoms in total. The number of anilines is 2. The Morgan fingerprint density at radius 2 is 1.94 bits per heavy atom. The predicted molar refractivity (Wildman–Crippen MR) is 70.3 cm³/mol. The van der Waals surface area contributed by atoms with Crippen molar-refractivity contribution in [3.8, 4) is 0 Å². The Kier molecular flexibility index (Phi) is 3.88. The molecule has 0 aliphatic carbocycles. The molecule has 1 aromatic rings. The Labute approximate surface area is 101 Å². The van der Waals surface area contributed by atoms with E-state index >= 15 is 0 Å². The molecule has 5 heteroatoms. The average Bonchev–Trinajstić information content (AvgIpc) is 2.33. The molecule has 0 aromatic carbocycles. The van der Waals surface area contributed by atoms with Crippen molar-refractivity contribution in [2.24, 2.45) is 0 Å². The topological polar surface area (TPSA) is 49.8 Å². The summed E-state index contributed by atoms with van der Waals surface area (Å²) in [4.78, 5) is 8.50. The van der Waals surface area contributed by atoms with Crippen LogP contribution in [0, 0.1) is 6.92 Å². The lowest BCUT2D eigenvalue weighted by Crippen LogP contribution is -2.25. The number of rotatable bonds is 3. The highest BCUT2D eigenvalue weighted by Crippen LogP contribution is 2.23. The Morgan fingerprint density at radius 1 is 1.25 bits per heavy atom. The number of thioether (sulfide) groups is 1. The molecule has 0 amide bonds. The van der Waals surface area contributed by atoms with Crippen LogP contribution in [-0.2, 0) is 0 Å². The minimum atomic E-state index is 0.569. The van der Waals surface area contributed by atoms with Gasteiger partial charge in [-0.25, -0.2) is 9.97 Å². The molecule has 1 aliphatic heterocycles. The lowest BCUT2D eigenvalue weighted by Gasteiger charge is -2.24. The number of aromatic nitrogens is 2. The summed E-state index contributed by atoms with van der Waals surface area (Å²) in [6, 6.07) is 0.569. The van der Waals surface area contributed by atoms with Crippen LogP contribution in [0.5, 0.6) is 0 Å². The number of nitrogens with one attached hydrogen (secondary N) is 2. The third kappa shape index (κ3) is 2.58. The van der Waals surface area contributed by atoms with Crippen LogP contribution >= 0.6 is 11.8 Å². The molecule has 0 saturated carbocycles. The van der Waals surface area contributed by atoms with Gasteiger partial charge in [0.15, 0.2) is 0 Å². The second-order valence-electron chi connectivity index (χ2n) is 3.98. The third-order valence-electron chi connectivity index (χ3n) is 2.88. The van der Waals surface area contributed by atoms with E-state index in [1.54, 1.807) is 6.33 Å². The summed E-state index contributed by atoms with van der Waals surface area (Å²) in [5.74, 6) is 4.38. The Hall–Kier alpha value is -0.970. The second-order valence-corrected chi connectivity index (χ2v) is 5.20. The van der Waals surface area contributed by atoms with E-state index < -0.39 is 0 Å². The molecule has 0 bridgehead atoms. The molecular formula is C11H18N4S. The summed E-state index contributed by atoms with van der Waals surface area (Å²) >= 11 is 2.04. The van der Waals surface area contributed by atoms with Crippen molar-refractivity contribution in [1.29, 1.82) is 0 Å². The monoisotopic (exact) mass is 238 g/mol. The van der Waals surface area contributed by atoms with Crippen molar-refractivity contribution in [1.82, 2.24) is 9.97 Å². The smallest absolute Gasteiger partial charge is 0.134 e. The molecule has 2 rings (SSSR count). The highest BCUT2D eigenvalue weighted by atomic mass is 32.2. The Balaban J connectivity index is 2.08. The van der Waals surface area contributed by atoms with Crippen molar-refractivity contribution in [3.05, 3.63) is 11.9 Å². The van der Waals surface area contributed by atoms with Gasteiger partial charge in [-0.2, -0.15) is 11.8 Å². The first-order chi connectivity index (χ1) is 7.81. The summed E-state index contributed by atoms with van der Waals surface area (Å²) in [6.07, 6.45) is 4.06. The number of hydrogen-bond acceptors (Lipinski definition) is 5. The normalized spacial score (nSPS) is 17.1. The zero-order valence-electron chi connectivity index (χ0n) is 9.79. The van der Waals surface area contributed by atoms with Gasteiger partial charge in [-0.05, 0) is 31.3 Å². The van der Waals surface area contributed by atoms with Gasteiger partial charge in [0.05, 0.1) is 0 Å². The van der Waals surface area contributed by atoms with Gasteiger partial charge in [0.1, 0.15) is 18.0 Å². The first kappa shape index (κ1) is 11.5. The zero-order valence-corrected chi connectivity index (χ0v) is 10.6. The fourth-order valence-electron chi connectivity index (χ4n) is 1.88. The molecule has 0 radical (unpaired) electrons. The van der Waals surface area contributed by atoms with Crippen LogP contribution in [0.3, 0.4) is 0 Å². The zero-order chi connectivity index (χ0) is 11.4. The molecule has 88 valence electrons. The van der Waals surface area contributed by atoms with Crippen molar-refractivity contribution in [2.75, 3.05) is 29.2 Å². The summed E-state index contributed by atoms with van der Waals surface area (Å²) in [5.41, 5.74) is 1.10. The fraction of sp³-hybridized carbons (Fsp3) is 0.636. The standard InChI is InChI=1S/C11H18N4S/c1-8-10(12-2)13-7-14-11(8)15-9-3-5-16-6-4-9/h7,9H,3-6H2,1-2H3,(H2,12,13,14,15). The molecule has 2 N–H and O–H groups in total. The maximum absolute atomic E-state index is 4.31. The molecule has 16 heavy (non-hydrogen) atoms. The van der Waals surface area contributed by atoms with Crippen molar-refractivity contribution >= 4 is 23.4 Å². The van der Waals surface area contributed by atoms with E-state index in [1.807, 2.05) is 25.7 Å². The van der Waals surface area contributed by atoms with Crippen molar-refractivity contribution < 1.29 is 0 Å².